The number of nitrogens with one attached hydrogen (secondary N) is 1. The van der Waals surface area contributed by atoms with Crippen LogP contribution in [0.4, 0.5) is 14.5 Å². The highest BCUT2D eigenvalue weighted by Crippen LogP contribution is 2.35. The lowest BCUT2D eigenvalue weighted by molar-refractivity contribution is -0.0493. The summed E-state index contributed by atoms with van der Waals surface area (Å²) in [5.41, 5.74) is 1.91. The molecule has 0 amide bonds. The van der Waals surface area contributed by atoms with E-state index in [0.717, 1.165) is 5.56 Å². The largest absolute Gasteiger partial charge is 0.454 e. The SMILES string of the molecule is Cc1cccc(OC(F)F)c1NCc1nc(-c2ccc3c(c2)OCO3)no1. The number of fused-ring (bicyclic) bond motifs is 1. The Kier molecular flexibility index (Phi) is 4.49. The standard InChI is InChI=1S/C18H15F2N3O4/c1-10-3-2-4-13(26-18(19)20)16(10)21-8-15-22-17(23-27-15)11-5-6-12-14(7-11)25-9-24-12/h2-7,18,21H,8-9H2,1H3. The number of hydrogen-bond acceptors (Lipinski definition) is 7. The summed E-state index contributed by atoms with van der Waals surface area (Å²) < 4.78 is 45.5. The molecular formula is C18H15F2N3O4. The minimum absolute atomic E-state index is 0.0560. The first-order valence-corrected chi connectivity index (χ1v) is 8.11. The highest BCUT2D eigenvalue weighted by Gasteiger charge is 2.17. The number of para-hydroxylation sites is 1. The lowest BCUT2D eigenvalue weighted by atomic mass is 10.2. The van der Waals surface area contributed by atoms with Crippen LogP contribution < -0.4 is 19.5 Å². The molecule has 0 bridgehead atoms. The van der Waals surface area contributed by atoms with Crippen LogP contribution in [0.1, 0.15) is 11.5 Å². The summed E-state index contributed by atoms with van der Waals surface area (Å²) in [7, 11) is 0. The molecule has 3 aromatic rings. The molecule has 0 unspecified atom stereocenters. The summed E-state index contributed by atoms with van der Waals surface area (Å²) in [6, 6.07) is 10.2. The predicted octanol–water partition coefficient (Wildman–Crippen LogP) is 3.99. The maximum absolute atomic E-state index is 12.6. The molecule has 0 radical (unpaired) electrons. The quantitative estimate of drug-likeness (QED) is 0.698. The maximum atomic E-state index is 12.6. The molecule has 2 heterocycles. The van der Waals surface area contributed by atoms with E-state index >= 15 is 0 Å². The van der Waals surface area contributed by atoms with E-state index in [0.29, 0.717) is 34.5 Å². The number of aromatic nitrogens is 2. The van der Waals surface area contributed by atoms with Crippen molar-refractivity contribution >= 4 is 5.69 Å². The second-order valence-corrected chi connectivity index (χ2v) is 5.76. The molecule has 1 aliphatic heterocycles. The van der Waals surface area contributed by atoms with Crippen molar-refractivity contribution in [3.8, 4) is 28.6 Å². The van der Waals surface area contributed by atoms with Crippen LogP contribution in [0.25, 0.3) is 11.4 Å². The van der Waals surface area contributed by atoms with Crippen molar-refractivity contribution < 1.29 is 27.5 Å². The number of anilines is 1. The van der Waals surface area contributed by atoms with Crippen LogP contribution in [0.5, 0.6) is 17.2 Å². The number of halogens is 2. The summed E-state index contributed by atoms with van der Waals surface area (Å²) in [5, 5.41) is 6.95. The Hall–Kier alpha value is -3.36. The monoisotopic (exact) mass is 375 g/mol. The lowest BCUT2D eigenvalue weighted by Crippen LogP contribution is -2.08. The van der Waals surface area contributed by atoms with Crippen molar-refractivity contribution in [2.24, 2.45) is 0 Å². The molecule has 0 aliphatic carbocycles. The lowest BCUT2D eigenvalue weighted by Gasteiger charge is -2.13. The van der Waals surface area contributed by atoms with Crippen molar-refractivity contribution in [1.29, 1.82) is 0 Å². The van der Waals surface area contributed by atoms with E-state index in [9.17, 15) is 8.78 Å². The normalized spacial score (nSPS) is 12.4. The molecule has 0 fully saturated rings. The number of alkyl halides is 2. The van der Waals surface area contributed by atoms with Gasteiger partial charge in [-0.3, -0.25) is 0 Å². The average molecular weight is 375 g/mol. The third-order valence-electron chi connectivity index (χ3n) is 3.97. The molecule has 0 spiro atoms. The average Bonchev–Trinajstić information content (AvgIpc) is 3.29. The topological polar surface area (TPSA) is 78.6 Å². The Morgan fingerprint density at radius 1 is 1.19 bits per heavy atom. The smallest absolute Gasteiger partial charge is 0.387 e. The van der Waals surface area contributed by atoms with Crippen LogP contribution in [-0.2, 0) is 6.54 Å². The molecule has 140 valence electrons. The van der Waals surface area contributed by atoms with Crippen molar-refractivity contribution in [2.45, 2.75) is 20.1 Å². The van der Waals surface area contributed by atoms with Gasteiger partial charge in [-0.15, -0.1) is 0 Å². The third-order valence-corrected chi connectivity index (χ3v) is 3.97. The number of rotatable bonds is 6. The molecule has 7 nitrogen and oxygen atoms in total. The zero-order valence-corrected chi connectivity index (χ0v) is 14.2. The van der Waals surface area contributed by atoms with E-state index in [1.54, 1.807) is 37.3 Å². The third kappa shape index (κ3) is 3.62. The van der Waals surface area contributed by atoms with Crippen LogP contribution in [-0.4, -0.2) is 23.5 Å². The van der Waals surface area contributed by atoms with Gasteiger partial charge in [0.2, 0.25) is 18.5 Å². The predicted molar refractivity (Wildman–Crippen MR) is 91.0 cm³/mol. The molecule has 1 aliphatic rings. The van der Waals surface area contributed by atoms with Crippen LogP contribution in [0.2, 0.25) is 0 Å². The van der Waals surface area contributed by atoms with Gasteiger partial charge in [0, 0.05) is 5.56 Å². The number of benzene rings is 2. The molecule has 1 aromatic heterocycles. The fourth-order valence-corrected chi connectivity index (χ4v) is 2.71. The highest BCUT2D eigenvalue weighted by atomic mass is 19.3. The van der Waals surface area contributed by atoms with E-state index < -0.39 is 6.61 Å². The van der Waals surface area contributed by atoms with Crippen LogP contribution in [0.15, 0.2) is 40.9 Å². The summed E-state index contributed by atoms with van der Waals surface area (Å²) >= 11 is 0. The molecule has 1 N–H and O–H groups in total. The molecule has 0 saturated carbocycles. The Balaban J connectivity index is 1.49. The van der Waals surface area contributed by atoms with Gasteiger partial charge in [0.25, 0.3) is 0 Å². The fourth-order valence-electron chi connectivity index (χ4n) is 2.71. The summed E-state index contributed by atoms with van der Waals surface area (Å²) in [6.07, 6.45) is 0. The first kappa shape index (κ1) is 17.1. The van der Waals surface area contributed by atoms with Gasteiger partial charge < -0.3 is 24.1 Å². The number of aryl methyl sites for hydroxylation is 1. The van der Waals surface area contributed by atoms with Crippen molar-refractivity contribution in [1.82, 2.24) is 10.1 Å². The van der Waals surface area contributed by atoms with Crippen molar-refractivity contribution in [3.63, 3.8) is 0 Å². The number of nitrogens with zero attached hydrogens (tertiary/aromatic N) is 2. The highest BCUT2D eigenvalue weighted by molar-refractivity contribution is 5.62. The van der Waals surface area contributed by atoms with E-state index in [1.807, 2.05) is 0 Å². The van der Waals surface area contributed by atoms with E-state index in [1.165, 1.54) is 6.07 Å². The number of hydrogen-bond donors (Lipinski definition) is 1. The summed E-state index contributed by atoms with van der Waals surface area (Å²) in [6.45, 7) is -0.790. The minimum Gasteiger partial charge on any atom is -0.454 e. The first-order chi connectivity index (χ1) is 13.1. The van der Waals surface area contributed by atoms with E-state index in [2.05, 4.69) is 20.2 Å². The van der Waals surface area contributed by atoms with Gasteiger partial charge in [0.1, 0.15) is 5.75 Å². The molecular weight excluding hydrogens is 360 g/mol. The number of ether oxygens (including phenoxy) is 3. The van der Waals surface area contributed by atoms with E-state index in [4.69, 9.17) is 14.0 Å². The molecule has 0 atom stereocenters. The van der Waals surface area contributed by atoms with E-state index in [-0.39, 0.29) is 19.1 Å². The van der Waals surface area contributed by atoms with Gasteiger partial charge in [0.15, 0.2) is 11.5 Å². The maximum Gasteiger partial charge on any atom is 0.387 e. The Morgan fingerprint density at radius 3 is 2.89 bits per heavy atom. The summed E-state index contributed by atoms with van der Waals surface area (Å²) in [5.74, 6) is 2.02. The van der Waals surface area contributed by atoms with Crippen LogP contribution >= 0.6 is 0 Å². The van der Waals surface area contributed by atoms with Crippen molar-refractivity contribution in [2.75, 3.05) is 12.1 Å². The Morgan fingerprint density at radius 2 is 2.04 bits per heavy atom. The van der Waals surface area contributed by atoms with Gasteiger partial charge >= 0.3 is 6.61 Å². The van der Waals surface area contributed by atoms with Gasteiger partial charge in [-0.05, 0) is 36.8 Å². The molecule has 0 saturated heterocycles. The second-order valence-electron chi connectivity index (χ2n) is 5.76. The first-order valence-electron chi connectivity index (χ1n) is 8.11. The van der Waals surface area contributed by atoms with Crippen molar-refractivity contribution in [3.05, 3.63) is 47.9 Å². The van der Waals surface area contributed by atoms with Gasteiger partial charge in [-0.2, -0.15) is 13.8 Å². The van der Waals surface area contributed by atoms with Gasteiger partial charge in [-0.25, -0.2) is 0 Å². The molecule has 2 aromatic carbocycles. The summed E-state index contributed by atoms with van der Waals surface area (Å²) in [4.78, 5) is 4.32. The minimum atomic E-state index is -2.91. The van der Waals surface area contributed by atoms with Gasteiger partial charge in [-0.1, -0.05) is 17.3 Å². The Labute approximate surface area is 152 Å². The molecule has 27 heavy (non-hydrogen) atoms. The zero-order valence-electron chi connectivity index (χ0n) is 14.2. The van der Waals surface area contributed by atoms with Crippen LogP contribution in [0.3, 0.4) is 0 Å². The molecule has 9 heteroatoms. The molecule has 4 rings (SSSR count). The zero-order chi connectivity index (χ0) is 18.8. The Bertz CT molecular complexity index is 962. The van der Waals surface area contributed by atoms with Gasteiger partial charge in [0.05, 0.1) is 12.2 Å². The fraction of sp³-hybridized carbons (Fsp3) is 0.222. The van der Waals surface area contributed by atoms with Crippen LogP contribution in [0, 0.1) is 6.92 Å². The second kappa shape index (κ2) is 7.10.